The third-order valence-electron chi connectivity index (χ3n) is 4.01. The van der Waals surface area contributed by atoms with Gasteiger partial charge in [0.05, 0.1) is 0 Å². The van der Waals surface area contributed by atoms with Crippen molar-refractivity contribution in [3.8, 4) is 0 Å². The molecule has 7 heteroatoms. The average Bonchev–Trinajstić information content (AvgIpc) is 3.01. The Balaban J connectivity index is 1.97. The van der Waals surface area contributed by atoms with Crippen LogP contribution in [0.3, 0.4) is 0 Å². The van der Waals surface area contributed by atoms with Gasteiger partial charge in [-0.25, -0.2) is 13.2 Å². The van der Waals surface area contributed by atoms with Crippen LogP contribution in [-0.2, 0) is 10.0 Å². The van der Waals surface area contributed by atoms with Crippen molar-refractivity contribution in [2.45, 2.75) is 36.4 Å². The number of carboxylic acid groups (broad SMARTS) is 1. The first kappa shape index (κ1) is 13.1. The maximum atomic E-state index is 12.6. The second kappa shape index (κ2) is 4.29. The molecule has 1 aliphatic heterocycles. The predicted octanol–water partition coefficient (Wildman–Crippen LogP) is 1.93. The summed E-state index contributed by atoms with van der Waals surface area (Å²) in [6, 6.07) is 1.60. The second-order valence-corrected chi connectivity index (χ2v) is 8.46. The zero-order valence-electron chi connectivity index (χ0n) is 10.5. The number of nitrogens with zero attached hydrogens (tertiary/aromatic N) is 1. The summed E-state index contributed by atoms with van der Waals surface area (Å²) in [5, 5.41) is 9.02. The molecule has 2 unspecified atom stereocenters. The van der Waals surface area contributed by atoms with Crippen molar-refractivity contribution in [3.05, 3.63) is 16.5 Å². The van der Waals surface area contributed by atoms with Crippen LogP contribution >= 0.6 is 11.3 Å². The molecular formula is C12H15NO4S2. The number of hydrogen-bond donors (Lipinski definition) is 1. The highest BCUT2D eigenvalue weighted by molar-refractivity contribution is 7.91. The lowest BCUT2D eigenvalue weighted by molar-refractivity contribution is 0.0701. The van der Waals surface area contributed by atoms with Gasteiger partial charge < -0.3 is 5.11 Å². The lowest BCUT2D eigenvalue weighted by Crippen LogP contribution is -2.37. The highest BCUT2D eigenvalue weighted by atomic mass is 32.2. The third kappa shape index (κ3) is 2.00. The largest absolute Gasteiger partial charge is 0.477 e. The zero-order valence-corrected chi connectivity index (χ0v) is 12.1. The van der Waals surface area contributed by atoms with Gasteiger partial charge in [-0.3, -0.25) is 0 Å². The van der Waals surface area contributed by atoms with E-state index in [4.69, 9.17) is 5.11 Å². The van der Waals surface area contributed by atoms with Gasteiger partial charge in [-0.1, -0.05) is 0 Å². The number of hydrogen-bond acceptors (Lipinski definition) is 4. The van der Waals surface area contributed by atoms with Crippen LogP contribution in [0.2, 0.25) is 0 Å². The number of carboxylic acids is 1. The van der Waals surface area contributed by atoms with E-state index in [1.165, 1.54) is 6.07 Å². The van der Waals surface area contributed by atoms with Gasteiger partial charge in [0.25, 0.3) is 10.0 Å². The minimum Gasteiger partial charge on any atom is -0.477 e. The first-order valence-electron chi connectivity index (χ1n) is 6.25. The van der Waals surface area contributed by atoms with Gasteiger partial charge in [0, 0.05) is 12.6 Å². The molecule has 2 aliphatic rings. The zero-order chi connectivity index (χ0) is 13.8. The molecule has 2 fully saturated rings. The first-order valence-corrected chi connectivity index (χ1v) is 8.51. The van der Waals surface area contributed by atoms with Crippen LogP contribution in [0, 0.1) is 12.8 Å². The molecule has 104 valence electrons. The highest BCUT2D eigenvalue weighted by Gasteiger charge is 2.44. The van der Waals surface area contributed by atoms with Gasteiger partial charge in [-0.2, -0.15) is 4.31 Å². The maximum absolute atomic E-state index is 12.6. The second-order valence-electron chi connectivity index (χ2n) is 5.29. The quantitative estimate of drug-likeness (QED) is 0.925. The van der Waals surface area contributed by atoms with E-state index in [0.29, 0.717) is 18.0 Å². The van der Waals surface area contributed by atoms with Crippen molar-refractivity contribution in [1.29, 1.82) is 0 Å². The summed E-state index contributed by atoms with van der Waals surface area (Å²) in [7, 11) is -3.52. The molecule has 2 heterocycles. The summed E-state index contributed by atoms with van der Waals surface area (Å²) in [5.74, 6) is -0.577. The Morgan fingerprint density at radius 3 is 2.68 bits per heavy atom. The molecule has 1 N–H and O–H groups in total. The Hall–Kier alpha value is -0.920. The van der Waals surface area contributed by atoms with Gasteiger partial charge in [0.2, 0.25) is 0 Å². The Morgan fingerprint density at radius 1 is 1.47 bits per heavy atom. The van der Waals surface area contributed by atoms with E-state index in [2.05, 4.69) is 0 Å². The standard InChI is InChI=1S/C12H15NO4S2/c1-7-4-10(18-11(7)12(14)15)19(16,17)13-6-8-2-3-9(13)5-8/h4,8-9H,2-3,5-6H2,1H3,(H,14,15). The minimum absolute atomic E-state index is 0.114. The molecule has 1 saturated heterocycles. The van der Waals surface area contributed by atoms with Crippen LogP contribution < -0.4 is 0 Å². The number of aromatic carboxylic acids is 1. The normalized spacial score (nSPS) is 27.0. The molecule has 0 radical (unpaired) electrons. The number of carbonyl (C=O) groups is 1. The Morgan fingerprint density at radius 2 is 2.21 bits per heavy atom. The SMILES string of the molecule is Cc1cc(S(=O)(=O)N2CC3CCC2C3)sc1C(=O)O. The molecule has 1 aliphatic carbocycles. The summed E-state index contributed by atoms with van der Waals surface area (Å²) in [4.78, 5) is 11.1. The molecule has 5 nitrogen and oxygen atoms in total. The van der Waals surface area contributed by atoms with Crippen molar-refractivity contribution >= 4 is 27.3 Å². The van der Waals surface area contributed by atoms with Crippen molar-refractivity contribution in [3.63, 3.8) is 0 Å². The number of rotatable bonds is 3. The van der Waals surface area contributed by atoms with Crippen molar-refractivity contribution in [1.82, 2.24) is 4.31 Å². The molecule has 0 amide bonds. The fraction of sp³-hybridized carbons (Fsp3) is 0.583. The van der Waals surface area contributed by atoms with Gasteiger partial charge in [-0.15, -0.1) is 11.3 Å². The topological polar surface area (TPSA) is 74.7 Å². The number of thiophene rings is 1. The summed E-state index contributed by atoms with van der Waals surface area (Å²) < 4.78 is 26.8. The van der Waals surface area contributed by atoms with E-state index in [1.54, 1.807) is 11.2 Å². The van der Waals surface area contributed by atoms with Gasteiger partial charge in [-0.05, 0) is 43.7 Å². The molecule has 1 aromatic rings. The molecule has 2 atom stereocenters. The number of piperidine rings is 1. The van der Waals surface area contributed by atoms with Gasteiger partial charge in [0.1, 0.15) is 9.09 Å². The molecule has 3 rings (SSSR count). The van der Waals surface area contributed by atoms with Crippen molar-refractivity contribution in [2.75, 3.05) is 6.54 Å². The summed E-state index contributed by atoms with van der Waals surface area (Å²) >= 11 is 0.860. The molecule has 0 aromatic carbocycles. The van der Waals surface area contributed by atoms with Crippen LogP contribution in [0.4, 0.5) is 0 Å². The fourth-order valence-corrected chi connectivity index (χ4v) is 6.33. The Bertz CT molecular complexity index is 634. The molecule has 19 heavy (non-hydrogen) atoms. The van der Waals surface area contributed by atoms with Crippen LogP contribution in [0.15, 0.2) is 10.3 Å². The lowest BCUT2D eigenvalue weighted by atomic mass is 10.1. The number of fused-ring (bicyclic) bond motifs is 2. The Kier molecular flexibility index (Phi) is 2.95. The molecule has 1 aromatic heterocycles. The van der Waals surface area contributed by atoms with Crippen LogP contribution in [0.5, 0.6) is 0 Å². The third-order valence-corrected chi connectivity index (χ3v) is 7.60. The van der Waals surface area contributed by atoms with E-state index in [9.17, 15) is 13.2 Å². The molecule has 0 spiro atoms. The molecule has 2 bridgehead atoms. The van der Waals surface area contributed by atoms with Crippen LogP contribution in [0.25, 0.3) is 0 Å². The molecular weight excluding hydrogens is 286 g/mol. The monoisotopic (exact) mass is 301 g/mol. The van der Waals surface area contributed by atoms with E-state index in [1.807, 2.05) is 0 Å². The summed E-state index contributed by atoms with van der Waals surface area (Å²) in [6.07, 6.45) is 3.00. The summed E-state index contributed by atoms with van der Waals surface area (Å²) in [6.45, 7) is 2.22. The van der Waals surface area contributed by atoms with Crippen LogP contribution in [0.1, 0.15) is 34.5 Å². The maximum Gasteiger partial charge on any atom is 0.346 e. The summed E-state index contributed by atoms with van der Waals surface area (Å²) in [5.41, 5.74) is 0.514. The predicted molar refractivity (Wildman–Crippen MR) is 71.0 cm³/mol. The smallest absolute Gasteiger partial charge is 0.346 e. The van der Waals surface area contributed by atoms with E-state index in [0.717, 1.165) is 30.6 Å². The van der Waals surface area contributed by atoms with Crippen LogP contribution in [-0.4, -0.2) is 36.4 Å². The van der Waals surface area contributed by atoms with E-state index >= 15 is 0 Å². The van der Waals surface area contributed by atoms with E-state index < -0.39 is 16.0 Å². The minimum atomic E-state index is -3.52. The number of sulfonamides is 1. The van der Waals surface area contributed by atoms with E-state index in [-0.39, 0.29) is 15.1 Å². The molecule has 1 saturated carbocycles. The first-order chi connectivity index (χ1) is 8.89. The van der Waals surface area contributed by atoms with Crippen molar-refractivity contribution < 1.29 is 18.3 Å². The van der Waals surface area contributed by atoms with Gasteiger partial charge >= 0.3 is 5.97 Å². The Labute approximate surface area is 115 Å². The fourth-order valence-electron chi connectivity index (χ4n) is 3.08. The lowest BCUT2D eigenvalue weighted by Gasteiger charge is -2.25. The average molecular weight is 301 g/mol. The van der Waals surface area contributed by atoms with Gasteiger partial charge in [0.15, 0.2) is 0 Å². The van der Waals surface area contributed by atoms with Crippen molar-refractivity contribution in [2.24, 2.45) is 5.92 Å². The number of aryl methyl sites for hydroxylation is 1. The highest BCUT2D eigenvalue weighted by Crippen LogP contribution is 2.41.